The van der Waals surface area contributed by atoms with Crippen molar-refractivity contribution in [2.45, 2.75) is 34.7 Å². The third kappa shape index (κ3) is 3.33. The van der Waals surface area contributed by atoms with E-state index < -0.39 is 0 Å². The number of aromatic nitrogens is 2. The van der Waals surface area contributed by atoms with Crippen molar-refractivity contribution in [2.75, 3.05) is 5.75 Å². The van der Waals surface area contributed by atoms with Crippen LogP contribution in [0.5, 0.6) is 0 Å². The van der Waals surface area contributed by atoms with Gasteiger partial charge in [-0.05, 0) is 5.75 Å². The van der Waals surface area contributed by atoms with Gasteiger partial charge in [-0.3, -0.25) is 0 Å². The second-order valence-corrected chi connectivity index (χ2v) is 6.75. The van der Waals surface area contributed by atoms with Crippen molar-refractivity contribution in [3.63, 3.8) is 0 Å². The Kier molecular flexibility index (Phi) is 4.39. The molecule has 0 N–H and O–H groups in total. The van der Waals surface area contributed by atoms with Crippen molar-refractivity contribution >= 4 is 34.9 Å². The molecule has 0 aliphatic carbocycles. The minimum Gasteiger partial charge on any atom is -0.131 e. The normalized spacial score (nSPS) is 11.0. The Labute approximate surface area is 85.6 Å². The summed E-state index contributed by atoms with van der Waals surface area (Å²) in [7, 11) is 0. The van der Waals surface area contributed by atoms with Crippen LogP contribution in [0.15, 0.2) is 8.68 Å². The Balaban J connectivity index is 2.52. The van der Waals surface area contributed by atoms with Crippen LogP contribution in [-0.2, 0) is 0 Å². The quantitative estimate of drug-likeness (QED) is 0.728. The smallest absolute Gasteiger partial charge is 0.131 e. The maximum Gasteiger partial charge on any atom is 0.175 e. The molecule has 0 saturated heterocycles. The molecule has 0 bridgehead atoms. The summed E-state index contributed by atoms with van der Waals surface area (Å²) in [6.45, 7) is 6.46. The van der Waals surface area contributed by atoms with Crippen LogP contribution in [0.3, 0.4) is 0 Å². The first-order valence-corrected chi connectivity index (χ1v) is 6.53. The van der Waals surface area contributed by atoms with Gasteiger partial charge in [0.25, 0.3) is 0 Å². The average Bonchev–Trinajstić information content (AvgIpc) is 2.36. The van der Waals surface area contributed by atoms with E-state index in [4.69, 9.17) is 0 Å². The van der Waals surface area contributed by atoms with Crippen molar-refractivity contribution in [3.05, 3.63) is 0 Å². The molecule has 0 saturated carbocycles. The van der Waals surface area contributed by atoms with Gasteiger partial charge in [0.2, 0.25) is 0 Å². The SMILES string of the molecule is CCSc1nnc(SC(C)C)s1. The number of hydrogen-bond acceptors (Lipinski definition) is 5. The van der Waals surface area contributed by atoms with E-state index >= 15 is 0 Å². The van der Waals surface area contributed by atoms with Crippen LogP contribution < -0.4 is 0 Å². The van der Waals surface area contributed by atoms with Gasteiger partial charge < -0.3 is 0 Å². The van der Waals surface area contributed by atoms with Crippen LogP contribution in [0, 0.1) is 0 Å². The molecule has 0 aromatic carbocycles. The molecule has 1 aromatic rings. The molecule has 0 aliphatic rings. The second kappa shape index (κ2) is 5.09. The summed E-state index contributed by atoms with van der Waals surface area (Å²) in [5.74, 6) is 1.07. The third-order valence-electron chi connectivity index (χ3n) is 0.992. The van der Waals surface area contributed by atoms with Crippen molar-refractivity contribution < 1.29 is 0 Å². The summed E-state index contributed by atoms with van der Waals surface area (Å²) in [6.07, 6.45) is 0. The molecule has 5 heteroatoms. The number of nitrogens with zero attached hydrogens (tertiary/aromatic N) is 2. The predicted molar refractivity (Wildman–Crippen MR) is 57.3 cm³/mol. The van der Waals surface area contributed by atoms with E-state index in [1.165, 1.54) is 0 Å². The molecule has 2 nitrogen and oxygen atoms in total. The lowest BCUT2D eigenvalue weighted by atomic mass is 10.6. The van der Waals surface area contributed by atoms with Crippen molar-refractivity contribution in [1.29, 1.82) is 0 Å². The minimum absolute atomic E-state index is 0.595. The van der Waals surface area contributed by atoms with E-state index in [-0.39, 0.29) is 0 Å². The zero-order chi connectivity index (χ0) is 8.97. The van der Waals surface area contributed by atoms with E-state index in [1.807, 2.05) is 0 Å². The van der Waals surface area contributed by atoms with Gasteiger partial charge in [-0.2, -0.15) is 0 Å². The molecular weight excluding hydrogens is 208 g/mol. The molecule has 0 unspecified atom stereocenters. The highest BCUT2D eigenvalue weighted by Crippen LogP contribution is 2.30. The fourth-order valence-electron chi connectivity index (χ4n) is 0.628. The van der Waals surface area contributed by atoms with E-state index in [9.17, 15) is 0 Å². The standard InChI is InChI=1S/C7H12N2S3/c1-4-10-6-8-9-7(12-6)11-5(2)3/h5H,4H2,1-3H3. The molecule has 1 aromatic heterocycles. The molecular formula is C7H12N2S3. The van der Waals surface area contributed by atoms with Crippen molar-refractivity contribution in [2.24, 2.45) is 0 Å². The fourth-order valence-corrected chi connectivity index (χ4v) is 3.77. The van der Waals surface area contributed by atoms with Gasteiger partial charge in [0.1, 0.15) is 0 Å². The maximum atomic E-state index is 4.09. The zero-order valence-electron chi connectivity index (χ0n) is 7.40. The Morgan fingerprint density at radius 1 is 1.33 bits per heavy atom. The van der Waals surface area contributed by atoms with Crippen LogP contribution in [0.2, 0.25) is 0 Å². The van der Waals surface area contributed by atoms with Crippen LogP contribution in [0.4, 0.5) is 0 Å². The average molecular weight is 220 g/mol. The predicted octanol–water partition coefficient (Wildman–Crippen LogP) is 3.15. The summed E-state index contributed by atoms with van der Waals surface area (Å²) < 4.78 is 2.17. The first-order chi connectivity index (χ1) is 5.72. The van der Waals surface area contributed by atoms with Gasteiger partial charge in [0.05, 0.1) is 0 Å². The molecule has 0 atom stereocenters. The summed E-state index contributed by atoms with van der Waals surface area (Å²) in [5.41, 5.74) is 0. The summed E-state index contributed by atoms with van der Waals surface area (Å²) in [4.78, 5) is 0. The molecule has 1 rings (SSSR count). The molecule has 1 heterocycles. The number of hydrogen-bond donors (Lipinski definition) is 0. The highest BCUT2D eigenvalue weighted by Gasteiger charge is 2.05. The monoisotopic (exact) mass is 220 g/mol. The molecule has 12 heavy (non-hydrogen) atoms. The number of thioether (sulfide) groups is 2. The van der Waals surface area contributed by atoms with Crippen LogP contribution in [0.1, 0.15) is 20.8 Å². The highest BCUT2D eigenvalue weighted by atomic mass is 32.2. The fraction of sp³-hybridized carbons (Fsp3) is 0.714. The van der Waals surface area contributed by atoms with Crippen molar-refractivity contribution in [3.8, 4) is 0 Å². The summed E-state index contributed by atoms with van der Waals surface area (Å²) >= 11 is 5.22. The maximum absolute atomic E-state index is 4.09. The highest BCUT2D eigenvalue weighted by molar-refractivity contribution is 8.03. The lowest BCUT2D eigenvalue weighted by Crippen LogP contribution is -1.84. The lowest BCUT2D eigenvalue weighted by Gasteiger charge is -1.96. The van der Waals surface area contributed by atoms with Gasteiger partial charge in [-0.15, -0.1) is 10.2 Å². The summed E-state index contributed by atoms with van der Waals surface area (Å²) in [5, 5.41) is 8.75. The number of rotatable bonds is 4. The van der Waals surface area contributed by atoms with E-state index in [0.29, 0.717) is 5.25 Å². The first-order valence-electron chi connectivity index (χ1n) is 3.85. The van der Waals surface area contributed by atoms with Gasteiger partial charge in [0, 0.05) is 5.25 Å². The topological polar surface area (TPSA) is 25.8 Å². The Morgan fingerprint density at radius 2 is 2.00 bits per heavy atom. The minimum atomic E-state index is 0.595. The zero-order valence-corrected chi connectivity index (χ0v) is 9.85. The van der Waals surface area contributed by atoms with Gasteiger partial charge in [-0.1, -0.05) is 55.6 Å². The summed E-state index contributed by atoms with van der Waals surface area (Å²) in [6, 6.07) is 0. The van der Waals surface area contributed by atoms with Gasteiger partial charge >= 0.3 is 0 Å². The molecule has 68 valence electrons. The molecule has 0 spiro atoms. The van der Waals surface area contributed by atoms with E-state index in [1.54, 1.807) is 34.9 Å². The molecule has 0 amide bonds. The van der Waals surface area contributed by atoms with Crippen LogP contribution in [0.25, 0.3) is 0 Å². The van der Waals surface area contributed by atoms with E-state index in [2.05, 4.69) is 31.0 Å². The second-order valence-electron chi connectivity index (χ2n) is 2.43. The van der Waals surface area contributed by atoms with E-state index in [0.717, 1.165) is 14.4 Å². The van der Waals surface area contributed by atoms with Crippen molar-refractivity contribution in [1.82, 2.24) is 10.2 Å². The Bertz CT molecular complexity index is 234. The first kappa shape index (κ1) is 10.3. The third-order valence-corrected chi connectivity index (χ3v) is 4.02. The molecule has 0 radical (unpaired) electrons. The van der Waals surface area contributed by atoms with Gasteiger partial charge in [-0.25, -0.2) is 0 Å². The molecule has 0 fully saturated rings. The Morgan fingerprint density at radius 3 is 2.58 bits per heavy atom. The Hall–Kier alpha value is 0.260. The lowest BCUT2D eigenvalue weighted by molar-refractivity contribution is 0.950. The van der Waals surface area contributed by atoms with Crippen LogP contribution >= 0.6 is 34.9 Å². The van der Waals surface area contributed by atoms with Crippen LogP contribution in [-0.4, -0.2) is 21.2 Å². The van der Waals surface area contributed by atoms with Gasteiger partial charge in [0.15, 0.2) is 8.68 Å². The largest absolute Gasteiger partial charge is 0.175 e. The molecule has 0 aliphatic heterocycles.